The standard InChI is InChI=1S/C14H21NO3/c1-4-11(2)14(3,13(16)17)15-18-10-12-8-6-5-7-9-12/h5-9,11,15H,4,10H2,1-3H3,(H,16,17). The number of benzene rings is 1. The van der Waals surface area contributed by atoms with Gasteiger partial charge in [0.25, 0.3) is 0 Å². The summed E-state index contributed by atoms with van der Waals surface area (Å²) in [6.07, 6.45) is 0.768. The molecule has 0 aliphatic rings. The van der Waals surface area contributed by atoms with Gasteiger partial charge in [-0.3, -0.25) is 9.63 Å². The molecule has 2 N–H and O–H groups in total. The Morgan fingerprint density at radius 2 is 2.06 bits per heavy atom. The normalized spacial score (nSPS) is 15.9. The van der Waals surface area contributed by atoms with Crippen LogP contribution in [-0.2, 0) is 16.2 Å². The van der Waals surface area contributed by atoms with Crippen LogP contribution in [0.2, 0.25) is 0 Å². The van der Waals surface area contributed by atoms with Crippen LogP contribution < -0.4 is 5.48 Å². The molecule has 1 aromatic carbocycles. The maximum absolute atomic E-state index is 11.3. The lowest BCUT2D eigenvalue weighted by Crippen LogP contribution is -2.54. The molecule has 0 spiro atoms. The Hall–Kier alpha value is -1.39. The summed E-state index contributed by atoms with van der Waals surface area (Å²) in [5, 5.41) is 9.29. The van der Waals surface area contributed by atoms with Gasteiger partial charge >= 0.3 is 5.97 Å². The van der Waals surface area contributed by atoms with Crippen molar-refractivity contribution in [3.63, 3.8) is 0 Å². The lowest BCUT2D eigenvalue weighted by Gasteiger charge is -2.31. The monoisotopic (exact) mass is 251 g/mol. The summed E-state index contributed by atoms with van der Waals surface area (Å²) in [5.41, 5.74) is 2.63. The van der Waals surface area contributed by atoms with Gasteiger partial charge < -0.3 is 5.11 Å². The van der Waals surface area contributed by atoms with Crippen molar-refractivity contribution >= 4 is 5.97 Å². The molecule has 2 unspecified atom stereocenters. The third-order valence-electron chi connectivity index (χ3n) is 3.41. The molecular weight excluding hydrogens is 230 g/mol. The van der Waals surface area contributed by atoms with E-state index in [9.17, 15) is 9.90 Å². The second-order valence-electron chi connectivity index (χ2n) is 4.69. The van der Waals surface area contributed by atoms with E-state index in [4.69, 9.17) is 4.84 Å². The molecular formula is C14H21NO3. The van der Waals surface area contributed by atoms with Gasteiger partial charge in [0.1, 0.15) is 5.54 Å². The van der Waals surface area contributed by atoms with Crippen LogP contribution in [0.3, 0.4) is 0 Å². The van der Waals surface area contributed by atoms with Crippen LogP contribution in [-0.4, -0.2) is 16.6 Å². The van der Waals surface area contributed by atoms with Crippen LogP contribution in [0.5, 0.6) is 0 Å². The lowest BCUT2D eigenvalue weighted by atomic mass is 9.86. The SMILES string of the molecule is CCC(C)C(C)(NOCc1ccccc1)C(=O)O. The van der Waals surface area contributed by atoms with Gasteiger partial charge in [0, 0.05) is 0 Å². The second kappa shape index (κ2) is 6.52. The van der Waals surface area contributed by atoms with Crippen molar-refractivity contribution in [2.45, 2.75) is 39.3 Å². The molecule has 0 amide bonds. The molecule has 1 rings (SSSR count). The summed E-state index contributed by atoms with van der Waals surface area (Å²) in [6, 6.07) is 9.64. The minimum atomic E-state index is -1.07. The largest absolute Gasteiger partial charge is 0.480 e. The van der Waals surface area contributed by atoms with E-state index in [-0.39, 0.29) is 5.92 Å². The van der Waals surface area contributed by atoms with Gasteiger partial charge in [-0.2, -0.15) is 5.48 Å². The van der Waals surface area contributed by atoms with Crippen LogP contribution in [0.1, 0.15) is 32.8 Å². The molecule has 0 aromatic heterocycles. The Morgan fingerprint density at radius 1 is 1.44 bits per heavy atom. The zero-order chi connectivity index (χ0) is 13.6. The van der Waals surface area contributed by atoms with Crippen molar-refractivity contribution in [1.29, 1.82) is 0 Å². The minimum Gasteiger partial charge on any atom is -0.480 e. The summed E-state index contributed by atoms with van der Waals surface area (Å²) in [4.78, 5) is 16.7. The van der Waals surface area contributed by atoms with E-state index in [1.165, 1.54) is 0 Å². The summed E-state index contributed by atoms with van der Waals surface area (Å²) in [6.45, 7) is 5.85. The third kappa shape index (κ3) is 3.55. The Balaban J connectivity index is 2.56. The van der Waals surface area contributed by atoms with Crippen LogP contribution in [0, 0.1) is 5.92 Å². The maximum Gasteiger partial charge on any atom is 0.326 e. The molecule has 0 radical (unpaired) electrons. The third-order valence-corrected chi connectivity index (χ3v) is 3.41. The summed E-state index contributed by atoms with van der Waals surface area (Å²) in [5.74, 6) is -0.921. The Bertz CT molecular complexity index is 380. The van der Waals surface area contributed by atoms with Gasteiger partial charge in [-0.05, 0) is 18.4 Å². The van der Waals surface area contributed by atoms with E-state index < -0.39 is 11.5 Å². The number of carboxylic acids is 1. The van der Waals surface area contributed by atoms with Crippen molar-refractivity contribution in [3.05, 3.63) is 35.9 Å². The fourth-order valence-corrected chi connectivity index (χ4v) is 1.61. The highest BCUT2D eigenvalue weighted by Gasteiger charge is 2.38. The van der Waals surface area contributed by atoms with E-state index in [0.717, 1.165) is 12.0 Å². The highest BCUT2D eigenvalue weighted by molar-refractivity contribution is 5.78. The van der Waals surface area contributed by atoms with Gasteiger partial charge in [-0.25, -0.2) is 0 Å². The Kier molecular flexibility index (Phi) is 5.31. The van der Waals surface area contributed by atoms with Crippen LogP contribution in [0.25, 0.3) is 0 Å². The van der Waals surface area contributed by atoms with E-state index in [1.54, 1.807) is 6.92 Å². The van der Waals surface area contributed by atoms with Gasteiger partial charge in [0.2, 0.25) is 0 Å². The number of aliphatic carboxylic acids is 1. The molecule has 0 saturated carbocycles. The maximum atomic E-state index is 11.3. The van der Waals surface area contributed by atoms with Crippen molar-refractivity contribution in [1.82, 2.24) is 5.48 Å². The number of rotatable bonds is 7. The molecule has 100 valence electrons. The first-order valence-corrected chi connectivity index (χ1v) is 6.17. The molecule has 0 aliphatic carbocycles. The molecule has 18 heavy (non-hydrogen) atoms. The Labute approximate surface area is 108 Å². The van der Waals surface area contributed by atoms with Gasteiger partial charge in [0.15, 0.2) is 0 Å². The van der Waals surface area contributed by atoms with Crippen molar-refractivity contribution in [3.8, 4) is 0 Å². The number of hydrogen-bond donors (Lipinski definition) is 2. The molecule has 0 heterocycles. The number of carbonyl (C=O) groups is 1. The molecule has 0 fully saturated rings. The predicted molar refractivity (Wildman–Crippen MR) is 69.9 cm³/mol. The van der Waals surface area contributed by atoms with Crippen molar-refractivity contribution in [2.75, 3.05) is 0 Å². The zero-order valence-electron chi connectivity index (χ0n) is 11.1. The molecule has 0 bridgehead atoms. The zero-order valence-corrected chi connectivity index (χ0v) is 11.1. The van der Waals surface area contributed by atoms with Gasteiger partial charge in [-0.15, -0.1) is 0 Å². The summed E-state index contributed by atoms with van der Waals surface area (Å²) < 4.78 is 0. The lowest BCUT2D eigenvalue weighted by molar-refractivity contribution is -0.156. The first kappa shape index (κ1) is 14.7. The van der Waals surface area contributed by atoms with E-state index >= 15 is 0 Å². The number of carboxylic acid groups (broad SMARTS) is 1. The highest BCUT2D eigenvalue weighted by atomic mass is 16.6. The minimum absolute atomic E-state index is 0.0224. The van der Waals surface area contributed by atoms with Crippen LogP contribution in [0.4, 0.5) is 0 Å². The van der Waals surface area contributed by atoms with E-state index in [1.807, 2.05) is 44.2 Å². The quantitative estimate of drug-likeness (QED) is 0.731. The Morgan fingerprint density at radius 3 is 2.56 bits per heavy atom. The molecule has 0 saturated heterocycles. The highest BCUT2D eigenvalue weighted by Crippen LogP contribution is 2.20. The molecule has 0 aliphatic heterocycles. The number of nitrogens with one attached hydrogen (secondary N) is 1. The summed E-state index contributed by atoms with van der Waals surface area (Å²) in [7, 11) is 0. The number of hydroxylamine groups is 1. The van der Waals surface area contributed by atoms with Gasteiger partial charge in [0.05, 0.1) is 6.61 Å². The average molecular weight is 251 g/mol. The van der Waals surface area contributed by atoms with Crippen molar-refractivity contribution < 1.29 is 14.7 Å². The summed E-state index contributed by atoms with van der Waals surface area (Å²) >= 11 is 0. The first-order valence-electron chi connectivity index (χ1n) is 6.17. The smallest absolute Gasteiger partial charge is 0.326 e. The van der Waals surface area contributed by atoms with Crippen LogP contribution in [0.15, 0.2) is 30.3 Å². The average Bonchev–Trinajstić information content (AvgIpc) is 2.38. The fourth-order valence-electron chi connectivity index (χ4n) is 1.61. The van der Waals surface area contributed by atoms with Crippen LogP contribution >= 0.6 is 0 Å². The van der Waals surface area contributed by atoms with E-state index in [0.29, 0.717) is 6.61 Å². The fraction of sp³-hybridized carbons (Fsp3) is 0.500. The topological polar surface area (TPSA) is 58.6 Å². The van der Waals surface area contributed by atoms with Gasteiger partial charge in [-0.1, -0.05) is 50.6 Å². The molecule has 2 atom stereocenters. The molecule has 1 aromatic rings. The van der Waals surface area contributed by atoms with E-state index in [2.05, 4.69) is 5.48 Å². The molecule has 4 heteroatoms. The van der Waals surface area contributed by atoms with Crippen molar-refractivity contribution in [2.24, 2.45) is 5.92 Å². The predicted octanol–water partition coefficient (Wildman–Crippen LogP) is 2.60. The molecule has 4 nitrogen and oxygen atoms in total. The number of hydrogen-bond acceptors (Lipinski definition) is 3. The first-order chi connectivity index (χ1) is 8.50. The second-order valence-corrected chi connectivity index (χ2v) is 4.69.